The van der Waals surface area contributed by atoms with Crippen LogP contribution in [0.3, 0.4) is 0 Å². The third-order valence-corrected chi connectivity index (χ3v) is 2.27. The van der Waals surface area contributed by atoms with Crippen LogP contribution in [0, 0.1) is 10.1 Å². The van der Waals surface area contributed by atoms with Crippen molar-refractivity contribution in [1.82, 2.24) is 5.32 Å². The highest BCUT2D eigenvalue weighted by molar-refractivity contribution is 5.96. The molecule has 1 aromatic carbocycles. The second-order valence-corrected chi connectivity index (χ2v) is 3.84. The summed E-state index contributed by atoms with van der Waals surface area (Å²) in [6, 6.07) is 5.15. The Bertz CT molecular complexity index is 548. The maximum atomic E-state index is 11.8. The lowest BCUT2D eigenvalue weighted by atomic mass is 10.2. The van der Waals surface area contributed by atoms with Gasteiger partial charge in [-0.05, 0) is 26.0 Å². The summed E-state index contributed by atoms with van der Waals surface area (Å²) in [5.41, 5.74) is 0.486. The Morgan fingerprint density at radius 1 is 1.35 bits per heavy atom. The lowest BCUT2D eigenvalue weighted by Gasteiger charge is -2.05. The van der Waals surface area contributed by atoms with Crippen LogP contribution < -0.4 is 5.32 Å². The predicted molar refractivity (Wildman–Crippen MR) is 71.0 cm³/mol. The number of amides is 1. The van der Waals surface area contributed by atoms with E-state index in [0.29, 0.717) is 5.70 Å². The van der Waals surface area contributed by atoms with Crippen LogP contribution >= 0.6 is 0 Å². The lowest BCUT2D eigenvalue weighted by Crippen LogP contribution is -2.22. The first-order chi connectivity index (χ1) is 9.43. The summed E-state index contributed by atoms with van der Waals surface area (Å²) < 4.78 is 4.70. The smallest absolute Gasteiger partial charge is 0.332 e. The molecule has 0 saturated carbocycles. The maximum Gasteiger partial charge on any atom is 0.332 e. The molecule has 1 aromatic rings. The van der Waals surface area contributed by atoms with Gasteiger partial charge in [-0.25, -0.2) is 4.79 Å². The number of nitro benzene ring substituents is 1. The molecule has 1 N–H and O–H groups in total. The van der Waals surface area contributed by atoms with Crippen LogP contribution in [0.5, 0.6) is 0 Å². The number of nitrogens with one attached hydrogen (secondary N) is 1. The number of ether oxygens (including phenoxy) is 1. The molecule has 1 amide bonds. The van der Waals surface area contributed by atoms with Gasteiger partial charge in [-0.15, -0.1) is 0 Å². The fraction of sp³-hybridized carbons (Fsp3) is 0.231. The molecule has 0 atom stereocenters. The van der Waals surface area contributed by atoms with Crippen molar-refractivity contribution < 1.29 is 19.2 Å². The van der Waals surface area contributed by atoms with Crippen molar-refractivity contribution >= 4 is 17.6 Å². The quantitative estimate of drug-likeness (QED) is 0.383. The molecule has 0 heterocycles. The highest BCUT2D eigenvalue weighted by Gasteiger charge is 2.10. The van der Waals surface area contributed by atoms with Gasteiger partial charge in [0.15, 0.2) is 0 Å². The Morgan fingerprint density at radius 3 is 2.45 bits per heavy atom. The van der Waals surface area contributed by atoms with Crippen molar-refractivity contribution in [2.24, 2.45) is 0 Å². The summed E-state index contributed by atoms with van der Waals surface area (Å²) in [6.07, 6.45) is 1.16. The van der Waals surface area contributed by atoms with Gasteiger partial charge in [0.05, 0.1) is 11.5 Å². The van der Waals surface area contributed by atoms with Crippen LogP contribution in [0.15, 0.2) is 36.0 Å². The summed E-state index contributed by atoms with van der Waals surface area (Å²) >= 11 is 0. The van der Waals surface area contributed by atoms with Gasteiger partial charge in [0.1, 0.15) is 0 Å². The lowest BCUT2D eigenvalue weighted by molar-refractivity contribution is -0.384. The van der Waals surface area contributed by atoms with E-state index in [2.05, 4.69) is 5.32 Å². The van der Waals surface area contributed by atoms with Crippen molar-refractivity contribution in [2.45, 2.75) is 13.8 Å². The van der Waals surface area contributed by atoms with E-state index in [0.717, 1.165) is 6.08 Å². The highest BCUT2D eigenvalue weighted by atomic mass is 16.6. The van der Waals surface area contributed by atoms with E-state index in [1.165, 1.54) is 24.3 Å². The van der Waals surface area contributed by atoms with E-state index < -0.39 is 16.8 Å². The summed E-state index contributed by atoms with van der Waals surface area (Å²) in [5, 5.41) is 13.0. The van der Waals surface area contributed by atoms with E-state index in [1.807, 2.05) is 0 Å². The second kappa shape index (κ2) is 7.03. The summed E-state index contributed by atoms with van der Waals surface area (Å²) in [4.78, 5) is 32.9. The average molecular weight is 278 g/mol. The number of carbonyl (C=O) groups is 2. The minimum absolute atomic E-state index is 0.0969. The molecule has 0 aliphatic heterocycles. The number of esters is 1. The van der Waals surface area contributed by atoms with E-state index >= 15 is 0 Å². The monoisotopic (exact) mass is 278 g/mol. The third kappa shape index (κ3) is 4.52. The van der Waals surface area contributed by atoms with Gasteiger partial charge in [0, 0.05) is 29.5 Å². The van der Waals surface area contributed by atoms with Crippen LogP contribution in [0.1, 0.15) is 24.2 Å². The number of non-ortho nitro benzene ring substituents is 1. The van der Waals surface area contributed by atoms with Gasteiger partial charge >= 0.3 is 5.97 Å². The van der Waals surface area contributed by atoms with Gasteiger partial charge in [-0.3, -0.25) is 14.9 Å². The Labute approximate surface area is 115 Å². The van der Waals surface area contributed by atoms with Gasteiger partial charge in [0.2, 0.25) is 0 Å². The van der Waals surface area contributed by atoms with E-state index in [1.54, 1.807) is 13.8 Å². The van der Waals surface area contributed by atoms with E-state index in [-0.39, 0.29) is 17.9 Å². The number of hydrogen-bond donors (Lipinski definition) is 1. The molecular formula is C13H14N2O5. The van der Waals surface area contributed by atoms with Crippen LogP contribution in [0.25, 0.3) is 0 Å². The molecule has 0 aliphatic rings. The second-order valence-electron chi connectivity index (χ2n) is 3.84. The minimum Gasteiger partial charge on any atom is -0.463 e. The molecule has 0 unspecified atom stereocenters. The molecule has 7 heteroatoms. The summed E-state index contributed by atoms with van der Waals surface area (Å²) in [5.74, 6) is -1.01. The molecule has 0 fully saturated rings. The Kier molecular flexibility index (Phi) is 5.40. The van der Waals surface area contributed by atoms with Crippen LogP contribution in [0.4, 0.5) is 5.69 Å². The van der Waals surface area contributed by atoms with Crippen molar-refractivity contribution in [3.8, 4) is 0 Å². The van der Waals surface area contributed by atoms with Gasteiger partial charge in [-0.1, -0.05) is 0 Å². The maximum absolute atomic E-state index is 11.8. The zero-order valence-electron chi connectivity index (χ0n) is 11.1. The molecule has 0 aliphatic carbocycles. The number of allylic oxidation sites excluding steroid dienone is 1. The summed E-state index contributed by atoms with van der Waals surface area (Å²) in [7, 11) is 0. The van der Waals surface area contributed by atoms with Crippen molar-refractivity contribution in [3.63, 3.8) is 0 Å². The first kappa shape index (κ1) is 15.4. The van der Waals surface area contributed by atoms with Crippen molar-refractivity contribution in [2.75, 3.05) is 6.61 Å². The average Bonchev–Trinajstić information content (AvgIpc) is 2.38. The normalized spacial score (nSPS) is 10.8. The first-order valence-corrected chi connectivity index (χ1v) is 5.85. The molecule has 7 nitrogen and oxygen atoms in total. The molecule has 0 spiro atoms. The zero-order valence-corrected chi connectivity index (χ0v) is 11.1. The van der Waals surface area contributed by atoms with Crippen LogP contribution in [0.2, 0.25) is 0 Å². The van der Waals surface area contributed by atoms with Crippen LogP contribution in [-0.2, 0) is 9.53 Å². The van der Waals surface area contributed by atoms with Crippen molar-refractivity contribution in [1.29, 1.82) is 0 Å². The molecule has 1 rings (SSSR count). The van der Waals surface area contributed by atoms with Crippen LogP contribution in [-0.4, -0.2) is 23.4 Å². The molecule has 0 bridgehead atoms. The van der Waals surface area contributed by atoms with Gasteiger partial charge in [-0.2, -0.15) is 0 Å². The zero-order chi connectivity index (χ0) is 15.1. The first-order valence-electron chi connectivity index (χ1n) is 5.85. The minimum atomic E-state index is -0.548. The van der Waals surface area contributed by atoms with Crippen molar-refractivity contribution in [3.05, 3.63) is 51.7 Å². The third-order valence-electron chi connectivity index (χ3n) is 2.27. The Balaban J connectivity index is 2.71. The molecular weight excluding hydrogens is 264 g/mol. The fourth-order valence-corrected chi connectivity index (χ4v) is 1.38. The predicted octanol–water partition coefficient (Wildman–Crippen LogP) is 1.79. The SMILES string of the molecule is CCOC(=O)/C=C(\C)NC(=O)c1ccc([N+](=O)[O-])cc1. The molecule has 106 valence electrons. The van der Waals surface area contributed by atoms with E-state index in [9.17, 15) is 19.7 Å². The number of nitro groups is 1. The Morgan fingerprint density at radius 2 is 1.95 bits per heavy atom. The summed E-state index contributed by atoms with van der Waals surface area (Å²) in [6.45, 7) is 3.47. The van der Waals surface area contributed by atoms with Gasteiger partial charge < -0.3 is 10.1 Å². The number of carbonyl (C=O) groups excluding carboxylic acids is 2. The molecule has 20 heavy (non-hydrogen) atoms. The number of hydrogen-bond acceptors (Lipinski definition) is 5. The number of benzene rings is 1. The Hall–Kier alpha value is -2.70. The fourth-order valence-electron chi connectivity index (χ4n) is 1.38. The molecule has 0 saturated heterocycles. The highest BCUT2D eigenvalue weighted by Crippen LogP contribution is 2.12. The van der Waals surface area contributed by atoms with Gasteiger partial charge in [0.25, 0.3) is 11.6 Å². The molecule has 0 radical (unpaired) electrons. The molecule has 0 aromatic heterocycles. The number of nitrogens with zero attached hydrogens (tertiary/aromatic N) is 1. The standard InChI is InChI=1S/C13H14N2O5/c1-3-20-12(16)8-9(2)14-13(17)10-4-6-11(7-5-10)15(18)19/h4-8H,3H2,1-2H3,(H,14,17)/b9-8+. The topological polar surface area (TPSA) is 98.5 Å². The van der Waals surface area contributed by atoms with E-state index in [4.69, 9.17) is 4.74 Å². The largest absolute Gasteiger partial charge is 0.463 e. The number of rotatable bonds is 5.